The minimum absolute atomic E-state index is 0.00947. The van der Waals surface area contributed by atoms with Gasteiger partial charge in [-0.15, -0.1) is 0 Å². The summed E-state index contributed by atoms with van der Waals surface area (Å²) >= 11 is 1.80. The molecule has 0 spiro atoms. The second-order valence-corrected chi connectivity index (χ2v) is 14.0. The van der Waals surface area contributed by atoms with Gasteiger partial charge >= 0.3 is 6.09 Å². The third-order valence-electron chi connectivity index (χ3n) is 8.21. The number of hydrogen-bond donors (Lipinski definition) is 2. The number of nitrogens with one attached hydrogen (secondary N) is 1. The Morgan fingerprint density at radius 3 is 2.40 bits per heavy atom. The summed E-state index contributed by atoms with van der Waals surface area (Å²) in [5.74, 6) is 1.77. The lowest BCUT2D eigenvalue weighted by atomic mass is 9.99. The molecule has 0 aliphatic carbocycles. The van der Waals surface area contributed by atoms with Crippen LogP contribution in [0.15, 0.2) is 77.7 Å². The average Bonchev–Trinajstić information content (AvgIpc) is 3.51. The number of likely N-dealkylation sites (tertiary alicyclic amines) is 2. The summed E-state index contributed by atoms with van der Waals surface area (Å²) < 4.78 is 34.2. The first-order chi connectivity index (χ1) is 20.8. The van der Waals surface area contributed by atoms with Crippen molar-refractivity contribution in [2.45, 2.75) is 49.3 Å². The van der Waals surface area contributed by atoms with E-state index in [0.29, 0.717) is 25.6 Å². The van der Waals surface area contributed by atoms with Crippen LogP contribution < -0.4 is 4.72 Å². The van der Waals surface area contributed by atoms with Crippen molar-refractivity contribution in [3.63, 3.8) is 0 Å². The molecule has 2 aliphatic heterocycles. The van der Waals surface area contributed by atoms with Crippen LogP contribution in [-0.2, 0) is 26.2 Å². The Balaban J connectivity index is 1.07. The topological polar surface area (TPSA) is 116 Å². The van der Waals surface area contributed by atoms with Crippen molar-refractivity contribution >= 4 is 44.6 Å². The molecule has 5 rings (SSSR count). The van der Waals surface area contributed by atoms with E-state index in [-0.39, 0.29) is 23.6 Å². The zero-order chi connectivity index (χ0) is 30.2. The zero-order valence-corrected chi connectivity index (χ0v) is 25.8. The fourth-order valence-corrected chi connectivity index (χ4v) is 8.36. The highest BCUT2D eigenvalue weighted by Crippen LogP contribution is 2.27. The Hall–Kier alpha value is -3.12. The van der Waals surface area contributed by atoms with Gasteiger partial charge in [0.05, 0.1) is 11.5 Å². The molecule has 2 fully saturated rings. The van der Waals surface area contributed by atoms with Crippen molar-refractivity contribution < 1.29 is 27.9 Å². The number of carbonyl (C=O) groups excluding carboxylic acids is 2. The van der Waals surface area contributed by atoms with E-state index in [4.69, 9.17) is 4.74 Å². The van der Waals surface area contributed by atoms with Gasteiger partial charge in [0, 0.05) is 31.4 Å². The van der Waals surface area contributed by atoms with Crippen LogP contribution in [0.2, 0.25) is 0 Å². The highest BCUT2D eigenvalue weighted by Gasteiger charge is 2.35. The first-order valence-corrected chi connectivity index (χ1v) is 17.4. The summed E-state index contributed by atoms with van der Waals surface area (Å²) in [4.78, 5) is 29.4. The van der Waals surface area contributed by atoms with E-state index in [0.717, 1.165) is 53.5 Å². The van der Waals surface area contributed by atoms with Crippen molar-refractivity contribution in [1.82, 2.24) is 14.5 Å². The number of aliphatic hydroxyl groups is 1. The number of rotatable bonds is 11. The molecule has 0 saturated carbocycles. The fraction of sp³-hybridized carbons (Fsp3) is 0.438. The smallest absolute Gasteiger partial charge is 0.410 e. The van der Waals surface area contributed by atoms with Gasteiger partial charge in [0.25, 0.3) is 0 Å². The Morgan fingerprint density at radius 2 is 1.65 bits per heavy atom. The molecule has 2 saturated heterocycles. The molecule has 2 N–H and O–H groups in total. The van der Waals surface area contributed by atoms with Crippen molar-refractivity contribution in [1.29, 1.82) is 0 Å². The second kappa shape index (κ2) is 14.6. The molecule has 43 heavy (non-hydrogen) atoms. The molecule has 230 valence electrons. The summed E-state index contributed by atoms with van der Waals surface area (Å²) in [6.07, 6.45) is 3.23. The third-order valence-corrected chi connectivity index (χ3v) is 11.0. The molecule has 3 aromatic carbocycles. The Morgan fingerprint density at radius 1 is 0.930 bits per heavy atom. The molecular formula is C32H39N3O6S2. The van der Waals surface area contributed by atoms with Crippen LogP contribution in [0.1, 0.15) is 31.2 Å². The summed E-state index contributed by atoms with van der Waals surface area (Å²) in [7, 11) is -4.01. The Bertz CT molecular complexity index is 1500. The van der Waals surface area contributed by atoms with Crippen molar-refractivity contribution in [3.05, 3.63) is 78.4 Å². The highest BCUT2D eigenvalue weighted by molar-refractivity contribution is 7.99. The fourth-order valence-electron chi connectivity index (χ4n) is 5.72. The van der Waals surface area contributed by atoms with Crippen LogP contribution in [0.4, 0.5) is 4.79 Å². The molecule has 0 radical (unpaired) electrons. The highest BCUT2D eigenvalue weighted by atomic mass is 32.2. The number of piperidine rings is 1. The SMILES string of the molecule is O=C(OCc1ccccc1)N1CCC(CSC[C@@H]2CCCN2C(=O)[C@H](CO)NS(=O)(=O)c2ccc3ccccc3c2)CC1. The molecule has 11 heteroatoms. The standard InChI is InChI=1S/C32H39N3O6S2/c36-20-30(33-43(39,40)29-13-12-26-9-4-5-10-27(26)19-29)31(37)35-16-6-11-28(35)23-42-22-25-14-17-34(18-15-25)32(38)41-21-24-7-2-1-3-8-24/h1-5,7-10,12-13,19,25,28,30,33,36H,6,11,14-18,20-23H2/t28-,30-/m0/s1. The maximum Gasteiger partial charge on any atom is 0.410 e. The first kappa shape index (κ1) is 31.3. The van der Waals surface area contributed by atoms with E-state index in [1.54, 1.807) is 33.7 Å². The van der Waals surface area contributed by atoms with Gasteiger partial charge in [-0.3, -0.25) is 4.79 Å². The predicted octanol–water partition coefficient (Wildman–Crippen LogP) is 4.25. The van der Waals surface area contributed by atoms with Crippen molar-refractivity contribution in [3.8, 4) is 0 Å². The van der Waals surface area contributed by atoms with Crippen LogP contribution in [0.3, 0.4) is 0 Å². The van der Waals surface area contributed by atoms with E-state index in [1.165, 1.54) is 6.07 Å². The summed E-state index contributed by atoms with van der Waals surface area (Å²) in [6, 6.07) is 20.7. The molecule has 2 heterocycles. The van der Waals surface area contributed by atoms with Gasteiger partial charge in [0.15, 0.2) is 0 Å². The van der Waals surface area contributed by atoms with E-state index in [1.807, 2.05) is 54.6 Å². The Kier molecular flexibility index (Phi) is 10.6. The van der Waals surface area contributed by atoms with Gasteiger partial charge in [-0.05, 0) is 65.8 Å². The van der Waals surface area contributed by atoms with Gasteiger partial charge in [-0.25, -0.2) is 13.2 Å². The van der Waals surface area contributed by atoms with Crippen molar-refractivity contribution in [2.75, 3.05) is 37.7 Å². The molecule has 9 nitrogen and oxygen atoms in total. The minimum atomic E-state index is -4.01. The largest absolute Gasteiger partial charge is 0.445 e. The summed E-state index contributed by atoms with van der Waals surface area (Å²) in [6.45, 7) is 1.54. The van der Waals surface area contributed by atoms with E-state index in [2.05, 4.69) is 4.72 Å². The number of nitrogens with zero attached hydrogens (tertiary/aromatic N) is 2. The average molecular weight is 626 g/mol. The predicted molar refractivity (Wildman–Crippen MR) is 168 cm³/mol. The molecule has 0 unspecified atom stereocenters. The number of fused-ring (bicyclic) bond motifs is 1. The molecule has 2 aliphatic rings. The second-order valence-electron chi connectivity index (χ2n) is 11.2. The maximum atomic E-state index is 13.4. The van der Waals surface area contributed by atoms with Crippen LogP contribution >= 0.6 is 11.8 Å². The third kappa shape index (κ3) is 8.08. The maximum absolute atomic E-state index is 13.4. The number of benzene rings is 3. The quantitative estimate of drug-likeness (QED) is 0.327. The van der Waals surface area contributed by atoms with Gasteiger partial charge in [0.2, 0.25) is 15.9 Å². The lowest BCUT2D eigenvalue weighted by Gasteiger charge is -2.32. The lowest BCUT2D eigenvalue weighted by molar-refractivity contribution is -0.134. The van der Waals surface area contributed by atoms with Gasteiger partial charge in [-0.1, -0.05) is 60.7 Å². The van der Waals surface area contributed by atoms with Crippen LogP contribution in [0, 0.1) is 5.92 Å². The van der Waals surface area contributed by atoms with E-state index >= 15 is 0 Å². The molecular weight excluding hydrogens is 587 g/mol. The first-order valence-electron chi connectivity index (χ1n) is 14.8. The zero-order valence-electron chi connectivity index (χ0n) is 24.1. The lowest BCUT2D eigenvalue weighted by Crippen LogP contribution is -2.52. The van der Waals surface area contributed by atoms with Crippen LogP contribution in [0.5, 0.6) is 0 Å². The molecule has 0 aromatic heterocycles. The number of aliphatic hydroxyl groups excluding tert-OH is 1. The van der Waals surface area contributed by atoms with Gasteiger partial charge in [0.1, 0.15) is 12.6 Å². The number of sulfonamides is 1. The summed E-state index contributed by atoms with van der Waals surface area (Å²) in [5, 5.41) is 11.7. The van der Waals surface area contributed by atoms with Gasteiger partial charge < -0.3 is 19.6 Å². The normalized spacial score (nSPS) is 18.6. The van der Waals surface area contributed by atoms with Gasteiger partial charge in [-0.2, -0.15) is 16.5 Å². The molecule has 2 amide bonds. The number of amides is 2. The molecule has 2 atom stereocenters. The number of carbonyl (C=O) groups is 2. The van der Waals surface area contributed by atoms with Crippen LogP contribution in [-0.4, -0.2) is 85.2 Å². The number of ether oxygens (including phenoxy) is 1. The number of thioether (sulfide) groups is 1. The molecule has 3 aromatic rings. The summed E-state index contributed by atoms with van der Waals surface area (Å²) in [5.41, 5.74) is 0.967. The van der Waals surface area contributed by atoms with E-state index in [9.17, 15) is 23.1 Å². The minimum Gasteiger partial charge on any atom is -0.445 e. The van der Waals surface area contributed by atoms with Crippen molar-refractivity contribution in [2.24, 2.45) is 5.92 Å². The Labute approximate surface area is 257 Å². The van der Waals surface area contributed by atoms with E-state index < -0.39 is 28.6 Å². The molecule has 0 bridgehead atoms. The monoisotopic (exact) mass is 625 g/mol. The van der Waals surface area contributed by atoms with Crippen LogP contribution in [0.25, 0.3) is 10.8 Å². The number of hydrogen-bond acceptors (Lipinski definition) is 7.